The Balaban J connectivity index is 4.05. The number of nitrogens with one attached hydrogen (secondary N) is 1. The van der Waals surface area contributed by atoms with Crippen LogP contribution in [0.5, 0.6) is 0 Å². The highest BCUT2D eigenvalue weighted by atomic mass is 32.2. The van der Waals surface area contributed by atoms with Crippen molar-refractivity contribution in [3.05, 3.63) is 0 Å². The SMILES string of the molecule is CCOC(=O)C(F)C(C)NCC(C)(C)SC. The van der Waals surface area contributed by atoms with Crippen molar-refractivity contribution in [3.63, 3.8) is 0 Å². The largest absolute Gasteiger partial charge is 0.464 e. The van der Waals surface area contributed by atoms with Crippen LogP contribution in [0.3, 0.4) is 0 Å². The zero-order valence-electron chi connectivity index (χ0n) is 10.7. The van der Waals surface area contributed by atoms with E-state index in [4.69, 9.17) is 0 Å². The number of hydrogen-bond acceptors (Lipinski definition) is 4. The van der Waals surface area contributed by atoms with Crippen LogP contribution in [-0.4, -0.2) is 42.3 Å². The molecule has 0 saturated heterocycles. The van der Waals surface area contributed by atoms with Gasteiger partial charge in [0.2, 0.25) is 6.17 Å². The fourth-order valence-electron chi connectivity index (χ4n) is 1.01. The summed E-state index contributed by atoms with van der Waals surface area (Å²) in [5.74, 6) is -0.788. The third-order valence-electron chi connectivity index (χ3n) is 2.35. The van der Waals surface area contributed by atoms with Crippen LogP contribution < -0.4 is 5.32 Å². The number of halogens is 1. The van der Waals surface area contributed by atoms with Gasteiger partial charge in [0.1, 0.15) is 0 Å². The summed E-state index contributed by atoms with van der Waals surface area (Å²) < 4.78 is 18.2. The van der Waals surface area contributed by atoms with Crippen molar-refractivity contribution in [3.8, 4) is 0 Å². The highest BCUT2D eigenvalue weighted by Gasteiger charge is 2.27. The zero-order chi connectivity index (χ0) is 12.8. The van der Waals surface area contributed by atoms with Crippen molar-refractivity contribution in [1.29, 1.82) is 0 Å². The van der Waals surface area contributed by atoms with Crippen LogP contribution in [0.1, 0.15) is 27.7 Å². The molecular weight excluding hydrogens is 229 g/mol. The van der Waals surface area contributed by atoms with Crippen molar-refractivity contribution >= 4 is 17.7 Å². The Hall–Kier alpha value is -0.290. The van der Waals surface area contributed by atoms with E-state index in [2.05, 4.69) is 23.9 Å². The van der Waals surface area contributed by atoms with Crippen molar-refractivity contribution in [2.75, 3.05) is 19.4 Å². The second-order valence-corrected chi connectivity index (χ2v) is 5.80. The van der Waals surface area contributed by atoms with Crippen molar-refractivity contribution < 1.29 is 13.9 Å². The Morgan fingerprint density at radius 2 is 2.12 bits per heavy atom. The van der Waals surface area contributed by atoms with Crippen molar-refractivity contribution in [2.45, 2.75) is 44.7 Å². The Kier molecular flexibility index (Phi) is 6.99. The summed E-state index contributed by atoms with van der Waals surface area (Å²) in [6.07, 6.45) is 0.405. The van der Waals surface area contributed by atoms with E-state index in [1.807, 2.05) is 6.26 Å². The molecule has 3 nitrogen and oxygen atoms in total. The van der Waals surface area contributed by atoms with Gasteiger partial charge >= 0.3 is 5.97 Å². The lowest BCUT2D eigenvalue weighted by Crippen LogP contribution is -2.45. The quantitative estimate of drug-likeness (QED) is 0.702. The van der Waals surface area contributed by atoms with Gasteiger partial charge in [0, 0.05) is 17.3 Å². The minimum atomic E-state index is -1.60. The molecule has 0 aliphatic carbocycles. The monoisotopic (exact) mass is 251 g/mol. The minimum Gasteiger partial charge on any atom is -0.464 e. The van der Waals surface area contributed by atoms with E-state index in [1.54, 1.807) is 25.6 Å². The van der Waals surface area contributed by atoms with Crippen LogP contribution in [0, 0.1) is 0 Å². The maximum atomic E-state index is 13.5. The maximum Gasteiger partial charge on any atom is 0.342 e. The summed E-state index contributed by atoms with van der Waals surface area (Å²) in [5, 5.41) is 3.02. The molecule has 16 heavy (non-hydrogen) atoms. The van der Waals surface area contributed by atoms with E-state index in [9.17, 15) is 9.18 Å². The predicted molar refractivity (Wildman–Crippen MR) is 66.6 cm³/mol. The number of thioether (sulfide) groups is 1. The topological polar surface area (TPSA) is 38.3 Å². The smallest absolute Gasteiger partial charge is 0.342 e. The molecule has 0 radical (unpaired) electrons. The van der Waals surface area contributed by atoms with Gasteiger partial charge in [0.25, 0.3) is 0 Å². The summed E-state index contributed by atoms with van der Waals surface area (Å²) in [7, 11) is 0. The molecule has 96 valence electrons. The van der Waals surface area contributed by atoms with Crippen molar-refractivity contribution in [1.82, 2.24) is 5.32 Å². The molecule has 2 unspecified atom stereocenters. The number of carbonyl (C=O) groups is 1. The second-order valence-electron chi connectivity index (χ2n) is 4.29. The summed E-state index contributed by atoms with van der Waals surface area (Å²) in [6.45, 7) is 8.30. The number of esters is 1. The fraction of sp³-hybridized carbons (Fsp3) is 0.909. The van der Waals surface area contributed by atoms with Gasteiger partial charge in [-0.05, 0) is 34.0 Å². The minimum absolute atomic E-state index is 0.0304. The number of hydrogen-bond donors (Lipinski definition) is 1. The molecule has 0 spiro atoms. The van der Waals surface area contributed by atoms with Crippen LogP contribution in [-0.2, 0) is 9.53 Å². The van der Waals surface area contributed by atoms with E-state index in [0.29, 0.717) is 6.54 Å². The molecule has 0 heterocycles. The van der Waals surface area contributed by atoms with Gasteiger partial charge in [-0.3, -0.25) is 0 Å². The van der Waals surface area contributed by atoms with Crippen molar-refractivity contribution in [2.24, 2.45) is 0 Å². The molecule has 0 bridgehead atoms. The van der Waals surface area contributed by atoms with Gasteiger partial charge < -0.3 is 10.1 Å². The third kappa shape index (κ3) is 5.70. The molecule has 2 atom stereocenters. The van der Waals surface area contributed by atoms with E-state index < -0.39 is 18.2 Å². The Morgan fingerprint density at radius 1 is 1.56 bits per heavy atom. The zero-order valence-corrected chi connectivity index (χ0v) is 11.5. The number of carbonyl (C=O) groups excluding carboxylic acids is 1. The van der Waals surface area contributed by atoms with E-state index >= 15 is 0 Å². The summed E-state index contributed by atoms with van der Waals surface area (Å²) >= 11 is 1.70. The van der Waals surface area contributed by atoms with Crippen LogP contribution in [0.2, 0.25) is 0 Å². The molecule has 0 aromatic rings. The van der Waals surface area contributed by atoms with Gasteiger partial charge in [0.05, 0.1) is 6.61 Å². The lowest BCUT2D eigenvalue weighted by atomic mass is 10.1. The van der Waals surface area contributed by atoms with E-state index in [-0.39, 0.29) is 11.4 Å². The van der Waals surface area contributed by atoms with Crippen LogP contribution in [0.25, 0.3) is 0 Å². The van der Waals surface area contributed by atoms with Crippen LogP contribution >= 0.6 is 11.8 Å². The maximum absolute atomic E-state index is 13.5. The van der Waals surface area contributed by atoms with Gasteiger partial charge in [-0.1, -0.05) is 0 Å². The highest BCUT2D eigenvalue weighted by Crippen LogP contribution is 2.20. The molecule has 0 aromatic heterocycles. The average Bonchev–Trinajstić information content (AvgIpc) is 2.25. The van der Waals surface area contributed by atoms with Crippen LogP contribution in [0.15, 0.2) is 0 Å². The summed E-state index contributed by atoms with van der Waals surface area (Å²) in [6, 6.07) is -0.523. The predicted octanol–water partition coefficient (Wildman–Crippen LogP) is 2.01. The van der Waals surface area contributed by atoms with Crippen LogP contribution in [0.4, 0.5) is 4.39 Å². The first-order valence-corrected chi connectivity index (χ1v) is 6.65. The third-order valence-corrected chi connectivity index (χ3v) is 3.60. The molecule has 0 saturated carbocycles. The molecular formula is C11H22FNO2S. The normalized spacial score (nSPS) is 15.6. The molecule has 5 heteroatoms. The number of ether oxygens (including phenoxy) is 1. The lowest BCUT2D eigenvalue weighted by molar-refractivity contribution is -0.150. The molecule has 0 rings (SSSR count). The van der Waals surface area contributed by atoms with Gasteiger partial charge in [0.15, 0.2) is 0 Å². The lowest BCUT2D eigenvalue weighted by Gasteiger charge is -2.26. The molecule has 0 amide bonds. The number of alkyl halides is 1. The van der Waals surface area contributed by atoms with E-state index in [1.165, 1.54) is 0 Å². The molecule has 0 fully saturated rings. The Morgan fingerprint density at radius 3 is 2.56 bits per heavy atom. The first-order valence-electron chi connectivity index (χ1n) is 5.43. The first kappa shape index (κ1) is 15.7. The molecule has 0 aliphatic rings. The molecule has 0 aliphatic heterocycles. The molecule has 1 N–H and O–H groups in total. The summed E-state index contributed by atoms with van der Waals surface area (Å²) in [4.78, 5) is 11.1. The first-order chi connectivity index (χ1) is 7.34. The average molecular weight is 251 g/mol. The van der Waals surface area contributed by atoms with Gasteiger partial charge in [-0.15, -0.1) is 0 Å². The fourth-order valence-corrected chi connectivity index (χ4v) is 1.24. The summed E-state index contributed by atoms with van der Waals surface area (Å²) in [5.41, 5.74) is 0. The Labute approximate surface area is 102 Å². The second kappa shape index (κ2) is 7.12. The van der Waals surface area contributed by atoms with E-state index in [0.717, 1.165) is 0 Å². The number of rotatable bonds is 7. The Bertz CT molecular complexity index is 224. The van der Waals surface area contributed by atoms with Gasteiger partial charge in [-0.25, -0.2) is 9.18 Å². The highest BCUT2D eigenvalue weighted by molar-refractivity contribution is 7.99. The molecule has 0 aromatic carbocycles. The standard InChI is InChI=1S/C11H22FNO2S/c1-6-15-10(14)9(12)8(2)13-7-11(3,4)16-5/h8-9,13H,6-7H2,1-5H3. The van der Waals surface area contributed by atoms with Gasteiger partial charge in [-0.2, -0.15) is 11.8 Å².